The third-order valence-electron chi connectivity index (χ3n) is 6.93. The summed E-state index contributed by atoms with van der Waals surface area (Å²) in [6.07, 6.45) is 6.16. The van der Waals surface area contributed by atoms with Crippen LogP contribution in [0.25, 0.3) is 11.4 Å². The number of piperidine rings is 1. The molecule has 1 saturated heterocycles. The third kappa shape index (κ3) is 6.77. The number of nitrogens with one attached hydrogen (secondary N) is 1. The number of nitrogens with zero attached hydrogens (tertiary/aromatic N) is 5. The Bertz CT molecular complexity index is 1610. The van der Waals surface area contributed by atoms with Gasteiger partial charge in [0.05, 0.1) is 7.11 Å². The van der Waals surface area contributed by atoms with Gasteiger partial charge < -0.3 is 19.1 Å². The molecule has 0 aliphatic carbocycles. The second-order valence-corrected chi connectivity index (χ2v) is 12.0. The van der Waals surface area contributed by atoms with Crippen LogP contribution in [-0.4, -0.2) is 66.6 Å². The van der Waals surface area contributed by atoms with Gasteiger partial charge in [-0.15, -0.1) is 0 Å². The van der Waals surface area contributed by atoms with Gasteiger partial charge in [-0.05, 0) is 61.7 Å². The Hall–Kier alpha value is -4.29. The minimum Gasteiger partial charge on any atom is -0.493 e. The number of para-hydroxylation sites is 2. The lowest BCUT2D eigenvalue weighted by Gasteiger charge is -2.29. The van der Waals surface area contributed by atoms with Gasteiger partial charge >= 0.3 is 0 Å². The number of benzene rings is 1. The molecule has 0 unspecified atom stereocenters. The number of methoxy groups -OCH3 is 1. The number of anilines is 1. The van der Waals surface area contributed by atoms with Gasteiger partial charge in [0.15, 0.2) is 28.2 Å². The van der Waals surface area contributed by atoms with Crippen LogP contribution >= 0.6 is 0 Å². The van der Waals surface area contributed by atoms with E-state index in [2.05, 4.69) is 31.6 Å². The summed E-state index contributed by atoms with van der Waals surface area (Å²) in [6, 6.07) is 13.7. The van der Waals surface area contributed by atoms with Gasteiger partial charge in [-0.2, -0.15) is 13.4 Å². The van der Waals surface area contributed by atoms with E-state index in [1.165, 1.54) is 13.2 Å². The van der Waals surface area contributed by atoms with Crippen molar-refractivity contribution in [2.24, 2.45) is 0 Å². The first-order valence-corrected chi connectivity index (χ1v) is 15.2. The number of rotatable bonds is 10. The molecule has 0 atom stereocenters. The Morgan fingerprint density at radius 1 is 0.976 bits per heavy atom. The van der Waals surface area contributed by atoms with Gasteiger partial charge in [0.1, 0.15) is 6.10 Å². The zero-order valence-corrected chi connectivity index (χ0v) is 24.8. The molecule has 11 nitrogen and oxygen atoms in total. The minimum atomic E-state index is -4.18. The van der Waals surface area contributed by atoms with Gasteiger partial charge in [0.2, 0.25) is 5.75 Å². The van der Waals surface area contributed by atoms with Crippen LogP contribution in [0.2, 0.25) is 0 Å². The molecule has 220 valence electrons. The maximum Gasteiger partial charge on any atom is 0.280 e. The van der Waals surface area contributed by atoms with Crippen molar-refractivity contribution in [3.05, 3.63) is 72.7 Å². The molecule has 1 N–H and O–H groups in total. The Morgan fingerprint density at radius 2 is 1.69 bits per heavy atom. The van der Waals surface area contributed by atoms with E-state index in [1.807, 2.05) is 13.8 Å². The number of likely N-dealkylation sites (tertiary alicyclic amines) is 1. The maximum absolute atomic E-state index is 13.6. The average Bonchev–Trinajstić information content (AvgIpc) is 3.00. The van der Waals surface area contributed by atoms with Gasteiger partial charge in [-0.25, -0.2) is 9.97 Å². The number of ether oxygens (including phenoxy) is 3. The van der Waals surface area contributed by atoms with Crippen molar-refractivity contribution in [2.75, 3.05) is 32.0 Å². The summed E-state index contributed by atoms with van der Waals surface area (Å²) in [4.78, 5) is 19.8. The van der Waals surface area contributed by atoms with Crippen LogP contribution in [0.3, 0.4) is 0 Å². The fourth-order valence-corrected chi connectivity index (χ4v) is 5.38. The van der Waals surface area contributed by atoms with Crippen LogP contribution in [0.15, 0.2) is 72.1 Å². The van der Waals surface area contributed by atoms with Crippen LogP contribution in [0, 0.1) is 0 Å². The van der Waals surface area contributed by atoms with E-state index in [9.17, 15) is 8.42 Å². The molecule has 5 rings (SSSR count). The van der Waals surface area contributed by atoms with Crippen molar-refractivity contribution in [1.29, 1.82) is 0 Å². The molecule has 4 aromatic rings. The van der Waals surface area contributed by atoms with Crippen LogP contribution in [0.1, 0.15) is 38.2 Å². The first-order valence-electron chi connectivity index (χ1n) is 13.7. The molecule has 3 aromatic heterocycles. The van der Waals surface area contributed by atoms with Crippen molar-refractivity contribution in [3.63, 3.8) is 0 Å². The standard InChI is InChI=1S/C30H34N6O5S/c1-20(2)22-9-10-26(32-19-22)42(37,38)35-29-27(41-25-8-6-5-7-24(25)39-4)30(40-23-13-17-36(3)18-14-23)34-28(33-29)21-11-15-31-16-12-21/h5-12,15-16,19-20,23H,13-14,17-18H2,1-4H3,(H,33,34,35). The normalized spacial score (nSPS) is 14.5. The molecule has 1 aromatic carbocycles. The molecule has 0 radical (unpaired) electrons. The summed E-state index contributed by atoms with van der Waals surface area (Å²) >= 11 is 0. The van der Waals surface area contributed by atoms with Gasteiger partial charge in [-0.1, -0.05) is 32.0 Å². The Balaban J connectivity index is 1.63. The average molecular weight is 591 g/mol. The Kier molecular flexibility index (Phi) is 8.83. The monoisotopic (exact) mass is 590 g/mol. The van der Waals surface area contributed by atoms with E-state index in [-0.39, 0.29) is 40.3 Å². The highest BCUT2D eigenvalue weighted by molar-refractivity contribution is 7.92. The molecule has 0 amide bonds. The fraction of sp³-hybridized carbons (Fsp3) is 0.333. The highest BCUT2D eigenvalue weighted by Gasteiger charge is 2.28. The number of aromatic nitrogens is 4. The number of hydrogen-bond acceptors (Lipinski definition) is 10. The Labute approximate surface area is 246 Å². The summed E-state index contributed by atoms with van der Waals surface area (Å²) in [5.41, 5.74) is 1.55. The zero-order valence-electron chi connectivity index (χ0n) is 24.0. The number of sulfonamides is 1. The van der Waals surface area contributed by atoms with E-state index in [0.717, 1.165) is 31.5 Å². The topological polar surface area (TPSA) is 129 Å². The lowest BCUT2D eigenvalue weighted by molar-refractivity contribution is 0.107. The van der Waals surface area contributed by atoms with Crippen LogP contribution in [-0.2, 0) is 10.0 Å². The van der Waals surface area contributed by atoms with Crippen molar-refractivity contribution >= 4 is 15.8 Å². The third-order valence-corrected chi connectivity index (χ3v) is 8.18. The van der Waals surface area contributed by atoms with E-state index >= 15 is 0 Å². The molecule has 1 aliphatic rings. The van der Waals surface area contributed by atoms with Gasteiger partial charge in [0, 0.05) is 37.2 Å². The fourth-order valence-electron chi connectivity index (χ4n) is 4.45. The van der Waals surface area contributed by atoms with E-state index < -0.39 is 10.0 Å². The maximum atomic E-state index is 13.6. The highest BCUT2D eigenvalue weighted by Crippen LogP contribution is 2.42. The van der Waals surface area contributed by atoms with Crippen LogP contribution < -0.4 is 18.9 Å². The minimum absolute atomic E-state index is 0.0126. The number of hydrogen-bond donors (Lipinski definition) is 1. The first-order chi connectivity index (χ1) is 20.2. The second kappa shape index (κ2) is 12.7. The van der Waals surface area contributed by atoms with E-state index in [0.29, 0.717) is 17.1 Å². The zero-order chi connectivity index (χ0) is 29.7. The largest absolute Gasteiger partial charge is 0.493 e. The predicted octanol–water partition coefficient (Wildman–Crippen LogP) is 5.13. The highest BCUT2D eigenvalue weighted by atomic mass is 32.2. The van der Waals surface area contributed by atoms with Crippen molar-refractivity contribution in [2.45, 2.75) is 43.7 Å². The summed E-state index contributed by atoms with van der Waals surface area (Å²) < 4.78 is 48.1. The molecule has 1 fully saturated rings. The smallest absolute Gasteiger partial charge is 0.280 e. The van der Waals surface area contributed by atoms with E-state index in [4.69, 9.17) is 19.2 Å². The van der Waals surface area contributed by atoms with Crippen molar-refractivity contribution < 1.29 is 22.6 Å². The quantitative estimate of drug-likeness (QED) is 0.265. The molecule has 0 spiro atoms. The molecule has 4 heterocycles. The summed E-state index contributed by atoms with van der Waals surface area (Å²) in [6.45, 7) is 5.73. The van der Waals surface area contributed by atoms with Crippen LogP contribution in [0.5, 0.6) is 23.1 Å². The van der Waals surface area contributed by atoms with Crippen molar-refractivity contribution in [3.8, 4) is 34.5 Å². The predicted molar refractivity (Wildman–Crippen MR) is 159 cm³/mol. The number of pyridine rings is 2. The molecular formula is C30H34N6O5S. The van der Waals surface area contributed by atoms with Crippen molar-refractivity contribution in [1.82, 2.24) is 24.8 Å². The SMILES string of the molecule is COc1ccccc1Oc1c(NS(=O)(=O)c2ccc(C(C)C)cn2)nc(-c2ccncc2)nc1OC1CCN(C)CC1. The van der Waals surface area contributed by atoms with Gasteiger partial charge in [0.25, 0.3) is 15.9 Å². The van der Waals surface area contributed by atoms with E-state index in [1.54, 1.807) is 61.1 Å². The lowest BCUT2D eigenvalue weighted by atomic mass is 10.1. The summed E-state index contributed by atoms with van der Waals surface area (Å²) in [5.74, 6) is 1.26. The summed E-state index contributed by atoms with van der Waals surface area (Å²) in [5, 5.41) is -0.156. The molecular weight excluding hydrogens is 556 g/mol. The molecule has 42 heavy (non-hydrogen) atoms. The molecule has 1 aliphatic heterocycles. The van der Waals surface area contributed by atoms with Gasteiger partial charge in [-0.3, -0.25) is 9.71 Å². The first kappa shape index (κ1) is 29.2. The Morgan fingerprint density at radius 3 is 2.33 bits per heavy atom. The second-order valence-electron chi connectivity index (χ2n) is 10.3. The van der Waals surface area contributed by atoms with Crippen LogP contribution in [0.4, 0.5) is 5.82 Å². The molecule has 0 bridgehead atoms. The summed E-state index contributed by atoms with van der Waals surface area (Å²) in [7, 11) is -0.592. The molecule has 12 heteroatoms. The lowest BCUT2D eigenvalue weighted by Crippen LogP contribution is -2.35. The molecule has 0 saturated carbocycles.